The average Bonchev–Trinajstić information content (AvgIpc) is 3.56. The minimum Gasteiger partial charge on any atom is -0.497 e. The number of amides is 1. The third kappa shape index (κ3) is 4.31. The summed E-state index contributed by atoms with van der Waals surface area (Å²) in [5, 5.41) is 7.74. The summed E-state index contributed by atoms with van der Waals surface area (Å²) in [6, 6.07) is 22.9. The normalized spacial score (nSPS) is 10.8. The quantitative estimate of drug-likeness (QED) is 0.355. The molecule has 0 atom stereocenters. The Morgan fingerprint density at radius 3 is 2.56 bits per heavy atom. The summed E-state index contributed by atoms with van der Waals surface area (Å²) in [7, 11) is 1.61. The Kier molecular flexibility index (Phi) is 5.66. The summed E-state index contributed by atoms with van der Waals surface area (Å²) in [6.45, 7) is 2.03. The molecular weight excluding hydrogens is 428 g/mol. The Bertz CT molecular complexity index is 1440. The number of methoxy groups -OCH3 is 1. The summed E-state index contributed by atoms with van der Waals surface area (Å²) in [5.74, 6) is 1.04. The molecular formula is C27H22N4O3. The molecule has 168 valence electrons. The van der Waals surface area contributed by atoms with E-state index in [1.54, 1.807) is 24.2 Å². The lowest BCUT2D eigenvalue weighted by molar-refractivity contribution is 0.102. The van der Waals surface area contributed by atoms with Crippen LogP contribution < -0.4 is 10.1 Å². The Morgan fingerprint density at radius 1 is 1.00 bits per heavy atom. The molecule has 34 heavy (non-hydrogen) atoms. The number of oxazole rings is 1. The van der Waals surface area contributed by atoms with Gasteiger partial charge in [0.15, 0.2) is 12.2 Å². The zero-order valence-electron chi connectivity index (χ0n) is 18.7. The molecule has 2 aromatic heterocycles. The molecule has 3 aromatic carbocycles. The van der Waals surface area contributed by atoms with Crippen molar-refractivity contribution in [1.29, 1.82) is 0 Å². The van der Waals surface area contributed by atoms with Gasteiger partial charge in [-0.15, -0.1) is 0 Å². The Morgan fingerprint density at radius 2 is 1.79 bits per heavy atom. The fourth-order valence-electron chi connectivity index (χ4n) is 3.66. The van der Waals surface area contributed by atoms with Gasteiger partial charge in [0.2, 0.25) is 0 Å². The van der Waals surface area contributed by atoms with Crippen LogP contribution in [0.2, 0.25) is 0 Å². The molecule has 0 saturated carbocycles. The third-order valence-electron chi connectivity index (χ3n) is 5.44. The van der Waals surface area contributed by atoms with Crippen molar-refractivity contribution in [2.24, 2.45) is 0 Å². The van der Waals surface area contributed by atoms with Crippen molar-refractivity contribution in [3.05, 3.63) is 103 Å². The van der Waals surface area contributed by atoms with Crippen LogP contribution in [0.15, 0.2) is 96.0 Å². The van der Waals surface area contributed by atoms with Gasteiger partial charge in [0.25, 0.3) is 5.91 Å². The highest BCUT2D eigenvalue weighted by molar-refractivity contribution is 6.08. The Balaban J connectivity index is 1.53. The van der Waals surface area contributed by atoms with Gasteiger partial charge >= 0.3 is 0 Å². The zero-order valence-corrected chi connectivity index (χ0v) is 18.7. The average molecular weight is 450 g/mol. The summed E-state index contributed by atoms with van der Waals surface area (Å²) >= 11 is 0. The van der Waals surface area contributed by atoms with Crippen molar-refractivity contribution in [3.63, 3.8) is 0 Å². The number of nitrogens with zero attached hydrogens (tertiary/aromatic N) is 3. The summed E-state index contributed by atoms with van der Waals surface area (Å²) in [6.07, 6.45) is 4.75. The lowest BCUT2D eigenvalue weighted by Gasteiger charge is -2.07. The van der Waals surface area contributed by atoms with Crippen molar-refractivity contribution in [2.45, 2.75) is 6.92 Å². The van der Waals surface area contributed by atoms with Crippen LogP contribution in [0.3, 0.4) is 0 Å². The van der Waals surface area contributed by atoms with Crippen LogP contribution in [0.4, 0.5) is 5.69 Å². The van der Waals surface area contributed by atoms with E-state index in [0.29, 0.717) is 28.5 Å². The van der Waals surface area contributed by atoms with Crippen molar-refractivity contribution >= 4 is 11.6 Å². The molecule has 0 saturated heterocycles. The first-order valence-electron chi connectivity index (χ1n) is 10.7. The second kappa shape index (κ2) is 9.07. The van der Waals surface area contributed by atoms with Crippen LogP contribution in [0.1, 0.15) is 15.9 Å². The molecule has 0 unspecified atom stereocenters. The number of anilines is 1. The van der Waals surface area contributed by atoms with Gasteiger partial charge in [-0.25, -0.2) is 9.67 Å². The van der Waals surface area contributed by atoms with E-state index in [-0.39, 0.29) is 5.91 Å². The van der Waals surface area contributed by atoms with Gasteiger partial charge in [-0.1, -0.05) is 42.0 Å². The summed E-state index contributed by atoms with van der Waals surface area (Å²) in [5.41, 5.74) is 5.25. The molecule has 0 spiro atoms. The first-order chi connectivity index (χ1) is 16.6. The van der Waals surface area contributed by atoms with E-state index in [1.165, 1.54) is 6.39 Å². The number of carbonyl (C=O) groups excluding carboxylic acids is 1. The minimum absolute atomic E-state index is 0.272. The maximum absolute atomic E-state index is 13.4. The molecule has 1 amide bonds. The van der Waals surface area contributed by atoms with Gasteiger partial charge in [0, 0.05) is 23.0 Å². The molecule has 0 radical (unpaired) electrons. The number of rotatable bonds is 6. The maximum Gasteiger partial charge on any atom is 0.259 e. The number of aromatic nitrogens is 3. The molecule has 0 fully saturated rings. The van der Waals surface area contributed by atoms with Crippen molar-refractivity contribution in [2.75, 3.05) is 12.4 Å². The molecule has 1 N–H and O–H groups in total. The molecule has 7 heteroatoms. The second-order valence-corrected chi connectivity index (χ2v) is 7.80. The van der Waals surface area contributed by atoms with E-state index < -0.39 is 0 Å². The number of ether oxygens (including phenoxy) is 1. The molecule has 7 nitrogen and oxygen atoms in total. The van der Waals surface area contributed by atoms with Crippen molar-refractivity contribution in [1.82, 2.24) is 14.8 Å². The first kappa shape index (κ1) is 21.2. The van der Waals surface area contributed by atoms with E-state index in [4.69, 9.17) is 14.3 Å². The molecule has 0 aliphatic heterocycles. The molecule has 2 heterocycles. The standard InChI is InChI=1S/C27H22N4O3/c1-18-9-11-22(12-10-18)31-16-24(26(30-31)20-6-4-8-23(14-20)33-2)27(32)29-21-7-3-5-19(13-21)25-15-28-17-34-25/h3-17H,1-2H3,(H,29,32). The first-order valence-corrected chi connectivity index (χ1v) is 10.7. The third-order valence-corrected chi connectivity index (χ3v) is 5.44. The number of hydrogen-bond donors (Lipinski definition) is 1. The molecule has 5 aromatic rings. The highest BCUT2D eigenvalue weighted by Crippen LogP contribution is 2.28. The van der Waals surface area contributed by atoms with Gasteiger partial charge in [0.1, 0.15) is 11.4 Å². The summed E-state index contributed by atoms with van der Waals surface area (Å²) < 4.78 is 12.5. The zero-order chi connectivity index (χ0) is 23.5. The van der Waals surface area contributed by atoms with Gasteiger partial charge in [-0.2, -0.15) is 5.10 Å². The predicted octanol–water partition coefficient (Wildman–Crippen LogP) is 5.76. The van der Waals surface area contributed by atoms with Crippen LogP contribution in [0.5, 0.6) is 5.75 Å². The van der Waals surface area contributed by atoms with E-state index >= 15 is 0 Å². The second-order valence-electron chi connectivity index (χ2n) is 7.80. The minimum atomic E-state index is -0.272. The Labute approximate surface area is 196 Å². The van der Waals surface area contributed by atoms with E-state index in [1.807, 2.05) is 79.7 Å². The van der Waals surface area contributed by atoms with Gasteiger partial charge in [0.05, 0.1) is 24.6 Å². The van der Waals surface area contributed by atoms with Crippen LogP contribution in [0.25, 0.3) is 28.3 Å². The molecule has 0 bridgehead atoms. The fourth-order valence-corrected chi connectivity index (χ4v) is 3.66. The lowest BCUT2D eigenvalue weighted by Crippen LogP contribution is -2.12. The van der Waals surface area contributed by atoms with E-state index in [2.05, 4.69) is 10.3 Å². The van der Waals surface area contributed by atoms with Crippen molar-refractivity contribution < 1.29 is 13.9 Å². The predicted molar refractivity (Wildman–Crippen MR) is 130 cm³/mol. The SMILES string of the molecule is COc1cccc(-c2nn(-c3ccc(C)cc3)cc2C(=O)Nc2cccc(-c3cnco3)c2)c1. The topological polar surface area (TPSA) is 82.2 Å². The van der Waals surface area contributed by atoms with Crippen LogP contribution in [-0.2, 0) is 0 Å². The molecule has 5 rings (SSSR count). The maximum atomic E-state index is 13.4. The van der Waals surface area contributed by atoms with Crippen LogP contribution in [-0.4, -0.2) is 27.8 Å². The van der Waals surface area contributed by atoms with E-state index in [9.17, 15) is 4.79 Å². The highest BCUT2D eigenvalue weighted by atomic mass is 16.5. The fraction of sp³-hybridized carbons (Fsp3) is 0.0741. The number of benzene rings is 3. The van der Waals surface area contributed by atoms with Gasteiger partial charge < -0.3 is 14.5 Å². The number of carbonyl (C=O) groups is 1. The van der Waals surface area contributed by atoms with Crippen LogP contribution >= 0.6 is 0 Å². The number of aryl methyl sites for hydroxylation is 1. The number of nitrogens with one attached hydrogen (secondary N) is 1. The smallest absolute Gasteiger partial charge is 0.259 e. The number of hydrogen-bond acceptors (Lipinski definition) is 5. The van der Waals surface area contributed by atoms with Crippen LogP contribution in [0, 0.1) is 6.92 Å². The summed E-state index contributed by atoms with van der Waals surface area (Å²) in [4.78, 5) is 17.4. The van der Waals surface area contributed by atoms with Gasteiger partial charge in [-0.05, 0) is 43.3 Å². The Hall–Kier alpha value is -4.65. The van der Waals surface area contributed by atoms with Crippen molar-refractivity contribution in [3.8, 4) is 34.0 Å². The largest absolute Gasteiger partial charge is 0.497 e. The lowest BCUT2D eigenvalue weighted by atomic mass is 10.1. The molecule has 0 aliphatic rings. The van der Waals surface area contributed by atoms with E-state index in [0.717, 1.165) is 22.4 Å². The monoisotopic (exact) mass is 450 g/mol. The molecule has 0 aliphatic carbocycles. The van der Waals surface area contributed by atoms with Gasteiger partial charge in [-0.3, -0.25) is 4.79 Å². The highest BCUT2D eigenvalue weighted by Gasteiger charge is 2.20.